The molecular weight excluding hydrogens is 279 g/mol. The van der Waals surface area contributed by atoms with Crippen LogP contribution in [0.15, 0.2) is 11.6 Å². The van der Waals surface area contributed by atoms with Crippen molar-refractivity contribution < 1.29 is 39.5 Å². The van der Waals surface area contributed by atoms with Gasteiger partial charge in [0.05, 0.1) is 5.03 Å². The van der Waals surface area contributed by atoms with Crippen molar-refractivity contribution in [3.05, 3.63) is 11.6 Å². The molecule has 10 heteroatoms. The molecule has 0 aliphatic carbocycles. The molecular formula is C6H2ClF9. The van der Waals surface area contributed by atoms with Crippen LogP contribution in [0.4, 0.5) is 39.5 Å². The van der Waals surface area contributed by atoms with E-state index in [0.29, 0.717) is 0 Å². The highest BCUT2D eigenvalue weighted by Gasteiger charge is 2.82. The van der Waals surface area contributed by atoms with Crippen molar-refractivity contribution in [2.24, 2.45) is 0 Å². The predicted octanol–water partition coefficient (Wildman–Crippen LogP) is 4.21. The van der Waals surface area contributed by atoms with Crippen LogP contribution in [0, 0.1) is 0 Å². The number of hydrogen-bond acceptors (Lipinski definition) is 0. The number of rotatable bonds is 2. The van der Waals surface area contributed by atoms with Crippen LogP contribution in [-0.4, -0.2) is 23.9 Å². The van der Waals surface area contributed by atoms with Gasteiger partial charge < -0.3 is 0 Å². The fraction of sp³-hybridized carbons (Fsp3) is 0.667. The number of halogens is 10. The summed E-state index contributed by atoms with van der Waals surface area (Å²) < 4.78 is 108. The molecule has 0 aliphatic heterocycles. The highest BCUT2D eigenvalue weighted by atomic mass is 35.5. The van der Waals surface area contributed by atoms with Gasteiger partial charge in [0, 0.05) is 0 Å². The van der Waals surface area contributed by atoms with Crippen molar-refractivity contribution in [3.63, 3.8) is 0 Å². The second kappa shape index (κ2) is 3.71. The van der Waals surface area contributed by atoms with Crippen LogP contribution in [0.5, 0.6) is 0 Å². The van der Waals surface area contributed by atoms with Crippen molar-refractivity contribution in [2.75, 3.05) is 0 Å². The third kappa shape index (κ3) is 1.96. The van der Waals surface area contributed by atoms with E-state index in [-0.39, 0.29) is 0 Å². The summed E-state index contributed by atoms with van der Waals surface area (Å²) in [5, 5.41) is -2.50. The van der Waals surface area contributed by atoms with Gasteiger partial charge in [-0.2, -0.15) is 35.1 Å². The Hall–Kier alpha value is -0.600. The number of alkyl halides is 9. The molecule has 0 bridgehead atoms. The van der Waals surface area contributed by atoms with Gasteiger partial charge in [-0.05, 0) is 0 Å². The maximum absolute atomic E-state index is 12.9. The molecule has 0 aromatic rings. The molecule has 0 aliphatic rings. The Morgan fingerprint density at radius 3 is 1.12 bits per heavy atom. The van der Waals surface area contributed by atoms with E-state index in [4.69, 9.17) is 0 Å². The van der Waals surface area contributed by atoms with Gasteiger partial charge in [-0.15, -0.1) is 0 Å². The first-order valence-corrected chi connectivity index (χ1v) is 3.62. The van der Waals surface area contributed by atoms with Gasteiger partial charge in [0.15, 0.2) is 0 Å². The first-order chi connectivity index (χ1) is 6.69. The summed E-state index contributed by atoms with van der Waals surface area (Å²) >= 11 is 4.29. The van der Waals surface area contributed by atoms with Crippen LogP contribution in [0.25, 0.3) is 0 Å². The van der Waals surface area contributed by atoms with Gasteiger partial charge in [-0.25, -0.2) is 4.39 Å². The Balaban J connectivity index is 5.85. The monoisotopic (exact) mass is 280 g/mol. The minimum atomic E-state index is -6.75. The van der Waals surface area contributed by atoms with E-state index in [9.17, 15) is 39.5 Å². The second-order valence-corrected chi connectivity index (χ2v) is 3.09. The zero-order valence-corrected chi connectivity index (χ0v) is 7.74. The quantitative estimate of drug-likeness (QED) is 0.665. The lowest BCUT2D eigenvalue weighted by molar-refractivity contribution is -0.370. The minimum absolute atomic E-state index is 1.96. The lowest BCUT2D eigenvalue weighted by Crippen LogP contribution is -2.62. The molecule has 0 unspecified atom stereocenters. The summed E-state index contributed by atoms with van der Waals surface area (Å²) in [6.07, 6.45) is -13.3. The molecule has 0 nitrogen and oxygen atoms in total. The summed E-state index contributed by atoms with van der Waals surface area (Å²) in [5.41, 5.74) is -6.07. The third-order valence-electron chi connectivity index (χ3n) is 1.55. The summed E-state index contributed by atoms with van der Waals surface area (Å²) in [6.45, 7) is 1.96. The van der Waals surface area contributed by atoms with E-state index in [1.165, 1.54) is 0 Å². The lowest BCUT2D eigenvalue weighted by Gasteiger charge is -2.35. The number of allylic oxidation sites excluding steroid dienone is 1. The molecule has 0 saturated carbocycles. The third-order valence-corrected chi connectivity index (χ3v) is 1.81. The molecule has 0 saturated heterocycles. The molecule has 1 atom stereocenters. The Bertz CT molecular complexity index is 287. The van der Waals surface area contributed by atoms with Crippen LogP contribution in [0.1, 0.15) is 0 Å². The van der Waals surface area contributed by atoms with Crippen LogP contribution in [0.2, 0.25) is 0 Å². The first-order valence-electron chi connectivity index (χ1n) is 3.24. The summed E-state index contributed by atoms with van der Waals surface area (Å²) in [5.74, 6) is -6.73. The Labute approximate surface area is 87.7 Å². The smallest absolute Gasteiger partial charge is 0.220 e. The van der Waals surface area contributed by atoms with Crippen molar-refractivity contribution in [1.29, 1.82) is 0 Å². The average Bonchev–Trinajstić information content (AvgIpc) is 1.97. The van der Waals surface area contributed by atoms with Gasteiger partial charge in [0.2, 0.25) is 0 Å². The highest BCUT2D eigenvalue weighted by molar-refractivity contribution is 6.30. The molecule has 0 spiro atoms. The maximum atomic E-state index is 12.9. The fourth-order valence-electron chi connectivity index (χ4n) is 0.697. The van der Waals surface area contributed by atoms with Crippen LogP contribution in [0.3, 0.4) is 0 Å². The molecule has 0 radical (unpaired) electrons. The topological polar surface area (TPSA) is 0 Å². The van der Waals surface area contributed by atoms with E-state index in [1.54, 1.807) is 0 Å². The molecule has 16 heavy (non-hydrogen) atoms. The van der Waals surface area contributed by atoms with E-state index < -0.39 is 29.0 Å². The zero-order valence-electron chi connectivity index (χ0n) is 6.99. The molecule has 0 heterocycles. The average molecular weight is 281 g/mol. The SMILES string of the molecule is C=C(Cl)[C@@](F)(C(F)(F)F)C(F)(F)C(F)(F)F. The number of hydrogen-bond donors (Lipinski definition) is 0. The van der Waals surface area contributed by atoms with Gasteiger partial charge >= 0.3 is 23.9 Å². The van der Waals surface area contributed by atoms with Crippen LogP contribution >= 0.6 is 11.6 Å². The van der Waals surface area contributed by atoms with E-state index in [0.717, 1.165) is 0 Å². The summed E-state index contributed by atoms with van der Waals surface area (Å²) in [7, 11) is 0. The van der Waals surface area contributed by atoms with Crippen molar-refractivity contribution in [2.45, 2.75) is 23.9 Å². The fourth-order valence-corrected chi connectivity index (χ4v) is 0.923. The van der Waals surface area contributed by atoms with Crippen LogP contribution in [-0.2, 0) is 0 Å². The molecule has 96 valence electrons. The normalized spacial score (nSPS) is 18.1. The molecule has 0 aromatic carbocycles. The molecule has 0 amide bonds. The van der Waals surface area contributed by atoms with E-state index in [1.807, 2.05) is 6.58 Å². The molecule has 0 rings (SSSR count). The van der Waals surface area contributed by atoms with Gasteiger partial charge in [0.25, 0.3) is 0 Å². The largest absolute Gasteiger partial charge is 0.457 e. The Morgan fingerprint density at radius 1 is 0.750 bits per heavy atom. The highest BCUT2D eigenvalue weighted by Crippen LogP contribution is 2.56. The summed E-state index contributed by atoms with van der Waals surface area (Å²) in [6, 6.07) is 0. The zero-order chi connectivity index (χ0) is 13.6. The Morgan fingerprint density at radius 2 is 1.06 bits per heavy atom. The predicted molar refractivity (Wildman–Crippen MR) is 35.9 cm³/mol. The maximum Gasteiger partial charge on any atom is 0.457 e. The molecule has 0 aromatic heterocycles. The first kappa shape index (κ1) is 15.4. The van der Waals surface area contributed by atoms with Crippen molar-refractivity contribution in [3.8, 4) is 0 Å². The lowest BCUT2D eigenvalue weighted by atomic mass is 9.96. The summed E-state index contributed by atoms with van der Waals surface area (Å²) in [4.78, 5) is 0. The van der Waals surface area contributed by atoms with Gasteiger partial charge in [-0.1, -0.05) is 18.2 Å². The standard InChI is InChI=1S/C6H2ClF9/c1-2(7)3(8,5(11,12)13)4(9,10)6(14,15)16/h1H2/t3-/m0/s1. The molecule has 0 N–H and O–H groups in total. The minimum Gasteiger partial charge on any atom is -0.220 e. The van der Waals surface area contributed by atoms with Crippen molar-refractivity contribution in [1.82, 2.24) is 0 Å². The van der Waals surface area contributed by atoms with Gasteiger partial charge in [0.1, 0.15) is 0 Å². The van der Waals surface area contributed by atoms with E-state index in [2.05, 4.69) is 11.6 Å². The van der Waals surface area contributed by atoms with E-state index >= 15 is 0 Å². The Kier molecular flexibility index (Phi) is 3.57. The van der Waals surface area contributed by atoms with Gasteiger partial charge in [-0.3, -0.25) is 0 Å². The van der Waals surface area contributed by atoms with Crippen LogP contribution < -0.4 is 0 Å². The second-order valence-electron chi connectivity index (χ2n) is 2.63. The van der Waals surface area contributed by atoms with Crippen molar-refractivity contribution >= 4 is 11.6 Å². The molecule has 0 fully saturated rings.